The fourth-order valence-corrected chi connectivity index (χ4v) is 31.8. The lowest BCUT2D eigenvalue weighted by Crippen LogP contribution is -2.54. The van der Waals surface area contributed by atoms with Crippen LogP contribution in [0.3, 0.4) is 0 Å². The average molecular weight is 565 g/mol. The van der Waals surface area contributed by atoms with Crippen LogP contribution in [-0.2, 0) is 0 Å². The van der Waals surface area contributed by atoms with Gasteiger partial charge in [0.1, 0.15) is 16.1 Å². The summed E-state index contributed by atoms with van der Waals surface area (Å²) in [4.78, 5) is 0. The highest BCUT2D eigenvalue weighted by Gasteiger charge is 2.47. The highest BCUT2D eigenvalue weighted by molar-refractivity contribution is 7.48. The van der Waals surface area contributed by atoms with Crippen LogP contribution in [-0.4, -0.2) is 16.1 Å². The van der Waals surface area contributed by atoms with Gasteiger partial charge in [-0.15, -0.1) is 45.3 Å². The second-order valence-electron chi connectivity index (χ2n) is 12.3. The standard InChI is InChI=1S/C28H44S4Si2/c1-15(2)33(16(3)4,17(5)6)23-13-21-25(31-23)27-28(29-21)26-22(30-27)14-24(32-26)34(18(7)8,19(9)10)20(11)12/h13-20H,1-12H3. The summed E-state index contributed by atoms with van der Waals surface area (Å²) in [5, 5.41) is 0. The summed E-state index contributed by atoms with van der Waals surface area (Å²) in [7, 11) is -3.19. The molecule has 6 heteroatoms. The van der Waals surface area contributed by atoms with Gasteiger partial charge in [-0.05, 0) is 54.4 Å². The maximum absolute atomic E-state index is 2.64. The molecule has 0 aromatic carbocycles. The Morgan fingerprint density at radius 2 is 0.676 bits per heavy atom. The van der Waals surface area contributed by atoms with E-state index >= 15 is 0 Å². The van der Waals surface area contributed by atoms with Gasteiger partial charge in [0.15, 0.2) is 0 Å². The third-order valence-corrected chi connectivity index (χ3v) is 30.1. The van der Waals surface area contributed by atoms with Crippen molar-refractivity contribution in [1.82, 2.24) is 0 Å². The van der Waals surface area contributed by atoms with Gasteiger partial charge in [-0.2, -0.15) is 0 Å². The smallest absolute Gasteiger partial charge is 0.107 e. The Bertz CT molecular complexity index is 1150. The van der Waals surface area contributed by atoms with Crippen molar-refractivity contribution < 1.29 is 0 Å². The molecule has 0 nitrogen and oxygen atoms in total. The topological polar surface area (TPSA) is 0 Å². The first-order valence-corrected chi connectivity index (χ1v) is 20.9. The second-order valence-corrected chi connectivity index (χ2v) is 28.9. The predicted molar refractivity (Wildman–Crippen MR) is 172 cm³/mol. The molecule has 4 heterocycles. The highest BCUT2D eigenvalue weighted by Crippen LogP contribution is 2.51. The first kappa shape index (κ1) is 27.1. The summed E-state index contributed by atoms with van der Waals surface area (Å²) in [6.07, 6.45) is 0. The Hall–Kier alpha value is 0.0138. The monoisotopic (exact) mass is 564 g/mol. The molecular formula is C28H44S4Si2. The molecule has 0 fully saturated rings. The van der Waals surface area contributed by atoms with Crippen molar-refractivity contribution in [3.05, 3.63) is 12.1 Å². The van der Waals surface area contributed by atoms with Crippen molar-refractivity contribution in [1.29, 1.82) is 0 Å². The number of hydrogen-bond donors (Lipinski definition) is 0. The molecular weight excluding hydrogens is 521 g/mol. The van der Waals surface area contributed by atoms with Crippen LogP contribution in [0.15, 0.2) is 12.1 Å². The van der Waals surface area contributed by atoms with Gasteiger partial charge >= 0.3 is 0 Å². The molecule has 4 rings (SSSR count). The molecule has 0 aliphatic carbocycles. The van der Waals surface area contributed by atoms with E-state index in [0.29, 0.717) is 0 Å². The number of hydrogen-bond acceptors (Lipinski definition) is 4. The molecule has 0 bridgehead atoms. The van der Waals surface area contributed by atoms with Crippen LogP contribution in [0.4, 0.5) is 0 Å². The van der Waals surface area contributed by atoms with E-state index in [9.17, 15) is 0 Å². The van der Waals surface area contributed by atoms with Gasteiger partial charge in [0.25, 0.3) is 0 Å². The van der Waals surface area contributed by atoms with Crippen molar-refractivity contribution in [2.45, 2.75) is 116 Å². The first-order valence-electron chi connectivity index (χ1n) is 13.2. The van der Waals surface area contributed by atoms with Crippen molar-refractivity contribution in [2.24, 2.45) is 0 Å². The first-order chi connectivity index (χ1) is 15.8. The predicted octanol–water partition coefficient (Wildman–Crippen LogP) is 11.2. The van der Waals surface area contributed by atoms with E-state index in [1.54, 1.807) is 37.2 Å². The van der Waals surface area contributed by atoms with E-state index < -0.39 is 16.1 Å². The van der Waals surface area contributed by atoms with Crippen LogP contribution < -0.4 is 9.00 Å². The van der Waals surface area contributed by atoms with E-state index in [1.165, 1.54) is 0 Å². The lowest BCUT2D eigenvalue weighted by atomic mass is 10.4. The Kier molecular flexibility index (Phi) is 7.48. The zero-order valence-corrected chi connectivity index (χ0v) is 28.5. The fraction of sp³-hybridized carbons (Fsp3) is 0.643. The van der Waals surface area contributed by atoms with E-state index in [4.69, 9.17) is 0 Å². The van der Waals surface area contributed by atoms with Crippen LogP contribution in [0, 0.1) is 0 Å². The van der Waals surface area contributed by atoms with Gasteiger partial charge in [-0.1, -0.05) is 83.1 Å². The molecule has 0 aliphatic heterocycles. The Morgan fingerprint density at radius 3 is 0.912 bits per heavy atom. The maximum Gasteiger partial charge on any atom is 0.107 e. The largest absolute Gasteiger partial charge is 0.142 e. The molecule has 0 radical (unpaired) electrons. The van der Waals surface area contributed by atoms with Crippen LogP contribution in [0.1, 0.15) is 83.1 Å². The number of rotatable bonds is 8. The Morgan fingerprint density at radius 1 is 0.412 bits per heavy atom. The van der Waals surface area contributed by atoms with Gasteiger partial charge in [0, 0.05) is 9.40 Å². The lowest BCUT2D eigenvalue weighted by Gasteiger charge is -2.42. The van der Waals surface area contributed by atoms with Crippen molar-refractivity contribution in [3.8, 4) is 0 Å². The van der Waals surface area contributed by atoms with Crippen LogP contribution in [0.25, 0.3) is 28.2 Å². The highest BCUT2D eigenvalue weighted by atomic mass is 32.1. The van der Waals surface area contributed by atoms with Gasteiger partial charge in [0.05, 0.1) is 18.8 Å². The molecule has 0 saturated carbocycles. The Labute approximate surface area is 225 Å². The van der Waals surface area contributed by atoms with Crippen LogP contribution in [0.2, 0.25) is 33.2 Å². The van der Waals surface area contributed by atoms with Crippen molar-refractivity contribution in [3.63, 3.8) is 0 Å². The molecule has 4 aromatic heterocycles. The molecule has 0 unspecified atom stereocenters. The van der Waals surface area contributed by atoms with Gasteiger partial charge in [0.2, 0.25) is 0 Å². The SMILES string of the molecule is CC(C)[Si](c1cc2sc3c4sc([Si](C(C)C)(C(C)C)C(C)C)cc4sc3c2s1)(C(C)C)C(C)C. The second kappa shape index (κ2) is 9.39. The molecule has 0 amide bonds. The van der Waals surface area contributed by atoms with E-state index in [-0.39, 0.29) is 0 Å². The van der Waals surface area contributed by atoms with Gasteiger partial charge in [-0.25, -0.2) is 0 Å². The van der Waals surface area contributed by atoms with E-state index in [2.05, 4.69) is 141 Å². The molecule has 0 saturated heterocycles. The van der Waals surface area contributed by atoms with Crippen LogP contribution >= 0.6 is 45.3 Å². The van der Waals surface area contributed by atoms with Crippen molar-refractivity contribution >= 4 is 98.7 Å². The minimum absolute atomic E-state index is 0.770. The van der Waals surface area contributed by atoms with Crippen LogP contribution in [0.5, 0.6) is 0 Å². The summed E-state index contributed by atoms with van der Waals surface area (Å²) in [6, 6.07) is 5.28. The summed E-state index contributed by atoms with van der Waals surface area (Å²) >= 11 is 8.50. The molecule has 4 aromatic rings. The third-order valence-electron chi connectivity index (χ3n) is 9.02. The summed E-state index contributed by atoms with van der Waals surface area (Å²) in [6.45, 7) is 29.9. The molecule has 0 atom stereocenters. The molecule has 188 valence electrons. The zero-order chi connectivity index (χ0) is 25.3. The maximum atomic E-state index is 2.64. The van der Waals surface area contributed by atoms with Gasteiger partial charge < -0.3 is 0 Å². The third kappa shape index (κ3) is 3.64. The van der Waals surface area contributed by atoms with Crippen molar-refractivity contribution in [2.75, 3.05) is 0 Å². The quantitative estimate of drug-likeness (QED) is 0.187. The minimum Gasteiger partial charge on any atom is -0.142 e. The number of thiophene rings is 4. The normalized spacial score (nSPS) is 14.3. The lowest BCUT2D eigenvalue weighted by molar-refractivity contribution is 0.837. The summed E-state index contributed by atoms with van der Waals surface area (Å²) in [5.74, 6) is 0. The molecule has 0 N–H and O–H groups in total. The van der Waals surface area contributed by atoms with Gasteiger partial charge in [-0.3, -0.25) is 0 Å². The average Bonchev–Trinajstić information content (AvgIpc) is 3.40. The Balaban J connectivity index is 1.91. The summed E-state index contributed by atoms with van der Waals surface area (Å²) in [5.41, 5.74) is 4.62. The van der Waals surface area contributed by atoms with E-state index in [0.717, 1.165) is 33.2 Å². The molecule has 0 aliphatic rings. The number of fused-ring (bicyclic) bond motifs is 5. The van der Waals surface area contributed by atoms with E-state index in [1.807, 2.05) is 0 Å². The molecule has 34 heavy (non-hydrogen) atoms. The summed E-state index contributed by atoms with van der Waals surface area (Å²) < 4.78 is 12.9. The fourth-order valence-electron chi connectivity index (χ4n) is 7.96. The molecule has 0 spiro atoms. The zero-order valence-electron chi connectivity index (χ0n) is 23.3. The minimum atomic E-state index is -1.59.